The highest BCUT2D eigenvalue weighted by Crippen LogP contribution is 2.17. The maximum Gasteiger partial charge on any atom is 0.270 e. The molecule has 1 N–H and O–H groups in total. The summed E-state index contributed by atoms with van der Waals surface area (Å²) in [6.45, 7) is 8.25. The van der Waals surface area contributed by atoms with Crippen LogP contribution in [0.1, 0.15) is 33.5 Å². The van der Waals surface area contributed by atoms with Crippen LogP contribution in [0.4, 0.5) is 0 Å². The van der Waals surface area contributed by atoms with Gasteiger partial charge in [-0.1, -0.05) is 23.8 Å². The van der Waals surface area contributed by atoms with Crippen molar-refractivity contribution in [3.8, 4) is 0 Å². The van der Waals surface area contributed by atoms with Crippen molar-refractivity contribution < 1.29 is 0 Å². The first kappa shape index (κ1) is 14.5. The molecule has 0 aliphatic heterocycles. The second-order valence-corrected chi connectivity index (χ2v) is 6.07. The van der Waals surface area contributed by atoms with Gasteiger partial charge >= 0.3 is 0 Å². The van der Waals surface area contributed by atoms with Gasteiger partial charge in [-0.05, 0) is 62.1 Å². The van der Waals surface area contributed by atoms with Crippen molar-refractivity contribution in [1.82, 2.24) is 9.97 Å². The molecule has 0 saturated carbocycles. The van der Waals surface area contributed by atoms with Crippen LogP contribution in [0.25, 0.3) is 11.0 Å². The number of benzene rings is 2. The zero-order valence-corrected chi connectivity index (χ0v) is 13.4. The number of hydrogen-bond donors (Lipinski definition) is 1. The molecule has 0 unspecified atom stereocenters. The summed E-state index contributed by atoms with van der Waals surface area (Å²) in [5.74, 6) is 0. The number of H-pyrrole nitrogens is 1. The van der Waals surface area contributed by atoms with E-state index >= 15 is 0 Å². The predicted octanol–water partition coefficient (Wildman–Crippen LogP) is 3.75. The molecule has 0 saturated heterocycles. The molecule has 0 aliphatic rings. The molecule has 0 fully saturated rings. The monoisotopic (exact) mass is 292 g/mol. The van der Waals surface area contributed by atoms with Crippen molar-refractivity contribution in [2.75, 3.05) is 0 Å². The van der Waals surface area contributed by atoms with Gasteiger partial charge in [-0.25, -0.2) is 4.98 Å². The third-order valence-corrected chi connectivity index (χ3v) is 4.23. The van der Waals surface area contributed by atoms with E-state index in [0.717, 1.165) is 22.2 Å². The molecule has 0 radical (unpaired) electrons. The SMILES string of the molecule is Cc1ccc(Cc2nc3cc(C)c(C)cc3[nH]c2=O)c(C)c1. The van der Waals surface area contributed by atoms with Gasteiger partial charge in [0.1, 0.15) is 5.69 Å². The third kappa shape index (κ3) is 2.67. The third-order valence-electron chi connectivity index (χ3n) is 4.23. The fraction of sp³-hybridized carbons (Fsp3) is 0.263. The lowest BCUT2D eigenvalue weighted by molar-refractivity contribution is 1.01. The Kier molecular flexibility index (Phi) is 3.57. The van der Waals surface area contributed by atoms with Gasteiger partial charge in [-0.15, -0.1) is 0 Å². The van der Waals surface area contributed by atoms with Crippen LogP contribution >= 0.6 is 0 Å². The number of aryl methyl sites for hydroxylation is 4. The molecular weight excluding hydrogens is 272 g/mol. The molecule has 3 rings (SSSR count). The smallest absolute Gasteiger partial charge is 0.270 e. The van der Waals surface area contributed by atoms with Gasteiger partial charge in [0.2, 0.25) is 0 Å². The Hall–Kier alpha value is -2.42. The molecule has 0 amide bonds. The average molecular weight is 292 g/mol. The summed E-state index contributed by atoms with van der Waals surface area (Å²) in [4.78, 5) is 19.8. The molecule has 1 aromatic heterocycles. The topological polar surface area (TPSA) is 45.8 Å². The maximum absolute atomic E-state index is 12.3. The van der Waals surface area contributed by atoms with E-state index in [-0.39, 0.29) is 5.56 Å². The Bertz CT molecular complexity index is 923. The summed E-state index contributed by atoms with van der Waals surface area (Å²) in [6.07, 6.45) is 0.560. The van der Waals surface area contributed by atoms with E-state index in [0.29, 0.717) is 12.1 Å². The molecule has 2 aromatic carbocycles. The van der Waals surface area contributed by atoms with Crippen LogP contribution in [0.5, 0.6) is 0 Å². The molecule has 0 aliphatic carbocycles. The van der Waals surface area contributed by atoms with Crippen LogP contribution in [-0.4, -0.2) is 9.97 Å². The molecule has 0 atom stereocenters. The van der Waals surface area contributed by atoms with E-state index in [1.54, 1.807) is 0 Å². The van der Waals surface area contributed by atoms with Crippen LogP contribution in [0.2, 0.25) is 0 Å². The fourth-order valence-corrected chi connectivity index (χ4v) is 2.73. The van der Waals surface area contributed by atoms with Gasteiger partial charge in [0, 0.05) is 6.42 Å². The lowest BCUT2D eigenvalue weighted by Gasteiger charge is -2.08. The predicted molar refractivity (Wildman–Crippen MR) is 90.6 cm³/mol. The molecule has 0 spiro atoms. The number of nitrogens with zero attached hydrogens (tertiary/aromatic N) is 1. The number of rotatable bonds is 2. The van der Waals surface area contributed by atoms with Crippen molar-refractivity contribution in [2.24, 2.45) is 0 Å². The van der Waals surface area contributed by atoms with Gasteiger partial charge in [-0.2, -0.15) is 0 Å². The largest absolute Gasteiger partial charge is 0.319 e. The number of aromatic nitrogens is 2. The van der Waals surface area contributed by atoms with Crippen LogP contribution in [0.3, 0.4) is 0 Å². The van der Waals surface area contributed by atoms with Crippen molar-refractivity contribution in [1.29, 1.82) is 0 Å². The van der Waals surface area contributed by atoms with E-state index in [2.05, 4.69) is 48.9 Å². The number of fused-ring (bicyclic) bond motifs is 1. The first-order valence-corrected chi connectivity index (χ1v) is 7.50. The van der Waals surface area contributed by atoms with Crippen molar-refractivity contribution in [3.05, 3.63) is 74.2 Å². The Morgan fingerprint density at radius 3 is 2.41 bits per heavy atom. The Morgan fingerprint density at radius 1 is 0.955 bits per heavy atom. The molecule has 3 aromatic rings. The highest BCUT2D eigenvalue weighted by molar-refractivity contribution is 5.76. The summed E-state index contributed by atoms with van der Waals surface area (Å²) in [5.41, 5.74) is 8.04. The van der Waals surface area contributed by atoms with Crippen LogP contribution < -0.4 is 5.56 Å². The van der Waals surface area contributed by atoms with E-state index in [9.17, 15) is 4.79 Å². The number of aromatic amines is 1. The normalized spacial score (nSPS) is 11.1. The molecule has 1 heterocycles. The average Bonchev–Trinajstić information content (AvgIpc) is 2.45. The number of hydrogen-bond acceptors (Lipinski definition) is 2. The Labute approximate surface area is 130 Å². The molecular formula is C19H20N2O. The van der Waals surface area contributed by atoms with Gasteiger partial charge in [0.15, 0.2) is 0 Å². The van der Waals surface area contributed by atoms with Crippen molar-refractivity contribution >= 4 is 11.0 Å². The minimum Gasteiger partial charge on any atom is -0.319 e. The first-order valence-electron chi connectivity index (χ1n) is 7.50. The second kappa shape index (κ2) is 5.41. The molecule has 3 heteroatoms. The van der Waals surface area contributed by atoms with Crippen LogP contribution in [0.15, 0.2) is 35.1 Å². The van der Waals surface area contributed by atoms with Crippen LogP contribution in [0, 0.1) is 27.7 Å². The highest BCUT2D eigenvalue weighted by Gasteiger charge is 2.09. The first-order chi connectivity index (χ1) is 10.4. The number of nitrogens with one attached hydrogen (secondary N) is 1. The highest BCUT2D eigenvalue weighted by atomic mass is 16.1. The Morgan fingerprint density at radius 2 is 1.68 bits per heavy atom. The lowest BCUT2D eigenvalue weighted by Crippen LogP contribution is -2.16. The fourth-order valence-electron chi connectivity index (χ4n) is 2.73. The summed E-state index contributed by atoms with van der Waals surface area (Å²) in [7, 11) is 0. The summed E-state index contributed by atoms with van der Waals surface area (Å²) in [5, 5.41) is 0. The van der Waals surface area contributed by atoms with Gasteiger partial charge in [-0.3, -0.25) is 4.79 Å². The maximum atomic E-state index is 12.3. The summed E-state index contributed by atoms with van der Waals surface area (Å²) >= 11 is 0. The van der Waals surface area contributed by atoms with E-state index in [4.69, 9.17) is 0 Å². The van der Waals surface area contributed by atoms with Crippen LogP contribution in [-0.2, 0) is 6.42 Å². The standard InChI is InChI=1S/C19H20N2O/c1-11-5-6-15(14(4)7-11)10-18-19(22)21-17-9-13(3)12(2)8-16(17)20-18/h5-9H,10H2,1-4H3,(H,21,22). The van der Waals surface area contributed by atoms with E-state index in [1.165, 1.54) is 16.7 Å². The van der Waals surface area contributed by atoms with E-state index in [1.807, 2.05) is 19.1 Å². The molecule has 0 bridgehead atoms. The second-order valence-electron chi connectivity index (χ2n) is 6.07. The zero-order valence-electron chi connectivity index (χ0n) is 13.4. The minimum atomic E-state index is -0.101. The quantitative estimate of drug-likeness (QED) is 0.782. The summed E-state index contributed by atoms with van der Waals surface area (Å²) < 4.78 is 0. The van der Waals surface area contributed by atoms with Gasteiger partial charge in [0.05, 0.1) is 11.0 Å². The summed E-state index contributed by atoms with van der Waals surface area (Å²) in [6, 6.07) is 10.3. The minimum absolute atomic E-state index is 0.101. The lowest BCUT2D eigenvalue weighted by atomic mass is 10.0. The molecule has 3 nitrogen and oxygen atoms in total. The molecule has 112 valence electrons. The molecule has 22 heavy (non-hydrogen) atoms. The van der Waals surface area contributed by atoms with Crippen molar-refractivity contribution in [3.63, 3.8) is 0 Å². The van der Waals surface area contributed by atoms with Gasteiger partial charge < -0.3 is 4.98 Å². The zero-order chi connectivity index (χ0) is 15.9. The van der Waals surface area contributed by atoms with E-state index < -0.39 is 0 Å². The van der Waals surface area contributed by atoms with Crippen molar-refractivity contribution in [2.45, 2.75) is 34.1 Å². The Balaban J connectivity index is 2.09. The van der Waals surface area contributed by atoms with Gasteiger partial charge in [0.25, 0.3) is 5.56 Å².